The smallest absolute Gasteiger partial charge is 0.321 e. The molecule has 1 aromatic carbocycles. The van der Waals surface area contributed by atoms with Crippen LogP contribution in [0.25, 0.3) is 11.5 Å². The first-order valence-corrected chi connectivity index (χ1v) is 7.65. The Bertz CT molecular complexity index is 828. The molecule has 0 spiro atoms. The summed E-state index contributed by atoms with van der Waals surface area (Å²) in [6, 6.07) is 14.8. The number of nitrogens with one attached hydrogen (secondary N) is 1. The highest BCUT2D eigenvalue weighted by Gasteiger charge is 2.35. The van der Waals surface area contributed by atoms with E-state index in [9.17, 15) is 4.79 Å². The van der Waals surface area contributed by atoms with E-state index in [4.69, 9.17) is 4.52 Å². The number of urea groups is 1. The number of carbonyl (C=O) groups excluding carboxylic acids is 1. The van der Waals surface area contributed by atoms with Crippen molar-refractivity contribution in [3.8, 4) is 11.5 Å². The van der Waals surface area contributed by atoms with Gasteiger partial charge in [0.25, 0.3) is 0 Å². The van der Waals surface area contributed by atoms with Gasteiger partial charge in [-0.15, -0.1) is 0 Å². The summed E-state index contributed by atoms with van der Waals surface area (Å²) in [4.78, 5) is 22.4. The van der Waals surface area contributed by atoms with Crippen LogP contribution in [0.1, 0.15) is 11.8 Å². The van der Waals surface area contributed by atoms with Crippen molar-refractivity contribution >= 4 is 11.7 Å². The Labute approximate surface area is 138 Å². The van der Waals surface area contributed by atoms with Crippen molar-refractivity contribution in [1.82, 2.24) is 20.0 Å². The number of anilines is 1. The topological polar surface area (TPSA) is 84.2 Å². The molecule has 3 heterocycles. The molecule has 1 fully saturated rings. The predicted molar refractivity (Wildman–Crippen MR) is 87.3 cm³/mol. The van der Waals surface area contributed by atoms with Crippen LogP contribution in [-0.4, -0.2) is 39.1 Å². The van der Waals surface area contributed by atoms with Crippen LogP contribution in [-0.2, 0) is 0 Å². The van der Waals surface area contributed by atoms with Crippen LogP contribution in [0.5, 0.6) is 0 Å². The third-order valence-corrected chi connectivity index (χ3v) is 3.88. The van der Waals surface area contributed by atoms with Gasteiger partial charge in [0, 0.05) is 25.0 Å². The molecule has 24 heavy (non-hydrogen) atoms. The molecule has 1 N–H and O–H groups in total. The minimum Gasteiger partial charge on any atom is -0.338 e. The zero-order valence-corrected chi connectivity index (χ0v) is 12.8. The molecule has 0 aliphatic carbocycles. The zero-order valence-electron chi connectivity index (χ0n) is 12.8. The standard InChI is InChI=1S/C17H15N5O2/c23-17(19-13-6-2-1-3-7-13)22-10-12(11-22)16-20-15(21-24-16)14-8-4-5-9-18-14/h1-9,12H,10-11H2,(H,19,23). The number of rotatable bonds is 3. The Kier molecular flexibility index (Phi) is 3.66. The van der Waals surface area contributed by atoms with Gasteiger partial charge in [-0.2, -0.15) is 4.98 Å². The largest absolute Gasteiger partial charge is 0.338 e. The maximum Gasteiger partial charge on any atom is 0.321 e. The summed E-state index contributed by atoms with van der Waals surface area (Å²) in [6.45, 7) is 1.12. The van der Waals surface area contributed by atoms with Gasteiger partial charge in [-0.3, -0.25) is 4.98 Å². The molecule has 2 aromatic heterocycles. The molecule has 0 atom stereocenters. The normalized spacial score (nSPS) is 14.2. The van der Waals surface area contributed by atoms with E-state index in [1.54, 1.807) is 11.1 Å². The van der Waals surface area contributed by atoms with Crippen molar-refractivity contribution in [3.63, 3.8) is 0 Å². The minimum atomic E-state index is -0.123. The maximum atomic E-state index is 12.1. The molecule has 3 aromatic rings. The summed E-state index contributed by atoms with van der Waals surface area (Å²) in [6.07, 6.45) is 1.68. The van der Waals surface area contributed by atoms with E-state index in [-0.39, 0.29) is 11.9 Å². The lowest BCUT2D eigenvalue weighted by atomic mass is 10.0. The number of para-hydroxylation sites is 1. The minimum absolute atomic E-state index is 0.0662. The Morgan fingerprint density at radius 1 is 1.12 bits per heavy atom. The second kappa shape index (κ2) is 6.11. The Balaban J connectivity index is 1.36. The van der Waals surface area contributed by atoms with Crippen LogP contribution in [0.3, 0.4) is 0 Å². The molecule has 4 rings (SSSR count). The molecule has 120 valence electrons. The van der Waals surface area contributed by atoms with Gasteiger partial charge in [-0.1, -0.05) is 29.4 Å². The van der Waals surface area contributed by atoms with E-state index in [0.717, 1.165) is 5.69 Å². The van der Waals surface area contributed by atoms with Crippen LogP contribution < -0.4 is 5.32 Å². The average molecular weight is 321 g/mol. The lowest BCUT2D eigenvalue weighted by Gasteiger charge is -2.36. The molecule has 0 unspecified atom stereocenters. The molecule has 1 saturated heterocycles. The van der Waals surface area contributed by atoms with E-state index < -0.39 is 0 Å². The van der Waals surface area contributed by atoms with Gasteiger partial charge in [0.05, 0.1) is 5.92 Å². The fourth-order valence-corrected chi connectivity index (χ4v) is 2.52. The van der Waals surface area contributed by atoms with Gasteiger partial charge >= 0.3 is 6.03 Å². The second-order valence-corrected chi connectivity index (χ2v) is 5.57. The van der Waals surface area contributed by atoms with Crippen LogP contribution in [0, 0.1) is 0 Å². The fourth-order valence-electron chi connectivity index (χ4n) is 2.52. The van der Waals surface area contributed by atoms with E-state index in [1.807, 2.05) is 48.5 Å². The number of benzene rings is 1. The number of aromatic nitrogens is 3. The van der Waals surface area contributed by atoms with Crippen LogP contribution >= 0.6 is 0 Å². The lowest BCUT2D eigenvalue weighted by Crippen LogP contribution is -2.50. The third-order valence-electron chi connectivity index (χ3n) is 3.88. The summed E-state index contributed by atoms with van der Waals surface area (Å²) in [5.41, 5.74) is 1.45. The highest BCUT2D eigenvalue weighted by Crippen LogP contribution is 2.27. The summed E-state index contributed by atoms with van der Waals surface area (Å²) >= 11 is 0. The van der Waals surface area contributed by atoms with Crippen molar-refractivity contribution in [3.05, 3.63) is 60.6 Å². The summed E-state index contributed by atoms with van der Waals surface area (Å²) in [7, 11) is 0. The number of pyridine rings is 1. The average Bonchev–Trinajstić information content (AvgIpc) is 3.05. The van der Waals surface area contributed by atoms with E-state index >= 15 is 0 Å². The zero-order chi connectivity index (χ0) is 16.4. The first kappa shape index (κ1) is 14.4. The fraction of sp³-hybridized carbons (Fsp3) is 0.176. The van der Waals surface area contributed by atoms with E-state index in [1.165, 1.54) is 0 Å². The monoisotopic (exact) mass is 321 g/mol. The van der Waals surface area contributed by atoms with Gasteiger partial charge in [0.1, 0.15) is 5.69 Å². The molecule has 0 saturated carbocycles. The lowest BCUT2D eigenvalue weighted by molar-refractivity contribution is 0.147. The van der Waals surface area contributed by atoms with Crippen molar-refractivity contribution in [2.75, 3.05) is 18.4 Å². The number of hydrogen-bond acceptors (Lipinski definition) is 5. The highest BCUT2D eigenvalue weighted by atomic mass is 16.5. The molecule has 0 bridgehead atoms. The van der Waals surface area contributed by atoms with Crippen molar-refractivity contribution in [2.45, 2.75) is 5.92 Å². The SMILES string of the molecule is O=C(Nc1ccccc1)N1CC(c2nc(-c3ccccn3)no2)C1. The predicted octanol–water partition coefficient (Wildman–Crippen LogP) is 2.76. The van der Waals surface area contributed by atoms with Gasteiger partial charge in [0.2, 0.25) is 11.7 Å². The van der Waals surface area contributed by atoms with E-state index in [0.29, 0.717) is 30.5 Å². The quantitative estimate of drug-likeness (QED) is 0.802. The molecular formula is C17H15N5O2. The number of likely N-dealkylation sites (tertiary alicyclic amines) is 1. The summed E-state index contributed by atoms with van der Waals surface area (Å²) in [5, 5.41) is 6.82. The van der Waals surface area contributed by atoms with Gasteiger partial charge in [-0.25, -0.2) is 4.79 Å². The third kappa shape index (κ3) is 2.83. The Hall–Kier alpha value is -3.22. The number of amides is 2. The maximum absolute atomic E-state index is 12.1. The molecule has 2 amide bonds. The van der Waals surface area contributed by atoms with Gasteiger partial charge < -0.3 is 14.7 Å². The molecule has 7 nitrogen and oxygen atoms in total. The van der Waals surface area contributed by atoms with Crippen molar-refractivity contribution in [1.29, 1.82) is 0 Å². The first-order chi connectivity index (χ1) is 11.8. The van der Waals surface area contributed by atoms with Crippen LogP contribution in [0.15, 0.2) is 59.3 Å². The summed E-state index contributed by atoms with van der Waals surface area (Å²) in [5.74, 6) is 1.08. The van der Waals surface area contributed by atoms with E-state index in [2.05, 4.69) is 20.4 Å². The summed E-state index contributed by atoms with van der Waals surface area (Å²) < 4.78 is 5.31. The number of nitrogens with zero attached hydrogens (tertiary/aromatic N) is 4. The van der Waals surface area contributed by atoms with Crippen LogP contribution in [0.2, 0.25) is 0 Å². The van der Waals surface area contributed by atoms with Crippen LogP contribution in [0.4, 0.5) is 10.5 Å². The number of hydrogen-bond donors (Lipinski definition) is 1. The molecule has 1 aliphatic heterocycles. The number of carbonyl (C=O) groups is 1. The van der Waals surface area contributed by atoms with Crippen molar-refractivity contribution in [2.24, 2.45) is 0 Å². The Morgan fingerprint density at radius 2 is 1.92 bits per heavy atom. The first-order valence-electron chi connectivity index (χ1n) is 7.65. The second-order valence-electron chi connectivity index (χ2n) is 5.57. The van der Waals surface area contributed by atoms with Gasteiger partial charge in [-0.05, 0) is 24.3 Å². The molecular weight excluding hydrogens is 306 g/mol. The van der Waals surface area contributed by atoms with Crippen molar-refractivity contribution < 1.29 is 9.32 Å². The molecule has 0 radical (unpaired) electrons. The molecule has 7 heteroatoms. The molecule has 1 aliphatic rings. The Morgan fingerprint density at radius 3 is 2.67 bits per heavy atom. The van der Waals surface area contributed by atoms with Gasteiger partial charge in [0.15, 0.2) is 0 Å². The highest BCUT2D eigenvalue weighted by molar-refractivity contribution is 5.89.